The summed E-state index contributed by atoms with van der Waals surface area (Å²) in [7, 11) is -2.46. The molecule has 0 unspecified atom stereocenters. The van der Waals surface area contributed by atoms with Crippen molar-refractivity contribution in [2.24, 2.45) is 0 Å². The summed E-state index contributed by atoms with van der Waals surface area (Å²) in [6.45, 7) is 17.3. The number of rotatable bonds is 18. The zero-order chi connectivity index (χ0) is 21.6. The van der Waals surface area contributed by atoms with Crippen LogP contribution in [0.4, 0.5) is 0 Å². The molecule has 168 valence electrons. The quantitative estimate of drug-likeness (QED) is 0.209. The molecule has 0 fully saturated rings. The summed E-state index contributed by atoms with van der Waals surface area (Å²) in [5.74, 6) is 0. The molecule has 7 nitrogen and oxygen atoms in total. The van der Waals surface area contributed by atoms with E-state index in [0.29, 0.717) is 52.1 Å². The molecule has 28 heavy (non-hydrogen) atoms. The molecule has 0 N–H and O–H groups in total. The van der Waals surface area contributed by atoms with E-state index in [1.807, 2.05) is 55.4 Å². The summed E-state index contributed by atoms with van der Waals surface area (Å²) >= 11 is 0. The Morgan fingerprint density at radius 3 is 1.00 bits per heavy atom. The highest BCUT2D eigenvalue weighted by molar-refractivity contribution is 7.33. The fourth-order valence-corrected chi connectivity index (χ4v) is 4.46. The lowest BCUT2D eigenvalue weighted by Gasteiger charge is -2.35. The lowest BCUT2D eigenvalue weighted by Crippen LogP contribution is -2.48. The number of hydrogen-bond donors (Lipinski definition) is 0. The lowest BCUT2D eigenvalue weighted by atomic mass is 9.96. The third-order valence-electron chi connectivity index (χ3n) is 5.04. The first kappa shape index (κ1) is 27.9. The summed E-state index contributed by atoms with van der Waals surface area (Å²) in [6.07, 6.45) is 1.06. The molecule has 8 heteroatoms. The topological polar surface area (TPSA) is 72.5 Å². The first-order valence-corrected chi connectivity index (χ1v) is 11.8. The minimum absolute atomic E-state index is 0.470. The summed E-state index contributed by atoms with van der Waals surface area (Å²) in [5, 5.41) is 0. The van der Waals surface area contributed by atoms with Gasteiger partial charge in [0.05, 0.1) is 0 Å². The molecule has 0 saturated heterocycles. The van der Waals surface area contributed by atoms with Crippen molar-refractivity contribution in [3.05, 3.63) is 0 Å². The molecule has 0 rings (SSSR count). The van der Waals surface area contributed by atoms with E-state index in [9.17, 15) is 4.57 Å². The standard InChI is InChI=1S/C20H42O7P/c1-9-19(10-2,17(22-13-5)23-14-6)26-28(21)27-20(11-3,12-4)18(24-15-7)25-16-8/h17-18H,9-16H2,1-8H3/q+1. The second kappa shape index (κ2) is 14.8. The zero-order valence-electron chi connectivity index (χ0n) is 19.1. The third-order valence-corrected chi connectivity index (χ3v) is 6.06. The van der Waals surface area contributed by atoms with Gasteiger partial charge in [0.1, 0.15) is 0 Å². The fourth-order valence-electron chi connectivity index (χ4n) is 3.14. The molecule has 0 aliphatic carbocycles. The van der Waals surface area contributed by atoms with Crippen molar-refractivity contribution >= 4 is 8.25 Å². The first-order chi connectivity index (χ1) is 13.4. The van der Waals surface area contributed by atoms with Crippen LogP contribution in [0.1, 0.15) is 81.1 Å². The average Bonchev–Trinajstić information content (AvgIpc) is 2.70. The summed E-state index contributed by atoms with van der Waals surface area (Å²) in [5.41, 5.74) is -1.72. The minimum atomic E-state index is -2.46. The molecule has 0 heterocycles. The Balaban J connectivity index is 5.58. The van der Waals surface area contributed by atoms with Crippen molar-refractivity contribution in [3.8, 4) is 0 Å². The van der Waals surface area contributed by atoms with Gasteiger partial charge in [-0.2, -0.15) is 0 Å². The summed E-state index contributed by atoms with van der Waals surface area (Å²) in [6, 6.07) is 0. The van der Waals surface area contributed by atoms with Gasteiger partial charge in [-0.1, -0.05) is 27.7 Å². The molecule has 0 aromatic carbocycles. The van der Waals surface area contributed by atoms with E-state index in [1.54, 1.807) is 0 Å². The lowest BCUT2D eigenvalue weighted by molar-refractivity contribution is -0.242. The number of hydrogen-bond acceptors (Lipinski definition) is 7. The highest BCUT2D eigenvalue weighted by Gasteiger charge is 2.53. The van der Waals surface area contributed by atoms with Crippen LogP contribution in [0.25, 0.3) is 0 Å². The van der Waals surface area contributed by atoms with Crippen LogP contribution >= 0.6 is 8.25 Å². The molecule has 0 spiro atoms. The largest absolute Gasteiger partial charge is 0.698 e. The Labute approximate surface area is 172 Å². The average molecular weight is 426 g/mol. The molecule has 0 aliphatic rings. The summed E-state index contributed by atoms with van der Waals surface area (Å²) in [4.78, 5) is 0. The van der Waals surface area contributed by atoms with Crippen LogP contribution in [0.2, 0.25) is 0 Å². The van der Waals surface area contributed by atoms with Crippen LogP contribution in [0.5, 0.6) is 0 Å². The third kappa shape index (κ3) is 7.60. The Hall–Kier alpha value is -0.140. The monoisotopic (exact) mass is 425 g/mol. The maximum Gasteiger partial charge on any atom is 0.698 e. The maximum absolute atomic E-state index is 13.0. The van der Waals surface area contributed by atoms with E-state index >= 15 is 0 Å². The van der Waals surface area contributed by atoms with Crippen molar-refractivity contribution < 1.29 is 32.6 Å². The highest BCUT2D eigenvalue weighted by Crippen LogP contribution is 2.45. The van der Waals surface area contributed by atoms with Gasteiger partial charge < -0.3 is 18.9 Å². The van der Waals surface area contributed by atoms with E-state index in [4.69, 9.17) is 28.0 Å². The Morgan fingerprint density at radius 2 is 0.821 bits per heavy atom. The smallest absolute Gasteiger partial charge is 0.350 e. The van der Waals surface area contributed by atoms with Gasteiger partial charge >= 0.3 is 8.25 Å². The van der Waals surface area contributed by atoms with Gasteiger partial charge in [-0.15, -0.1) is 9.05 Å². The molecule has 0 aliphatic heterocycles. The molecule has 0 atom stereocenters. The van der Waals surface area contributed by atoms with Gasteiger partial charge in [0, 0.05) is 31.0 Å². The molecule has 0 aromatic heterocycles. The normalized spacial score (nSPS) is 12.9. The van der Waals surface area contributed by atoms with Gasteiger partial charge in [-0.25, -0.2) is 0 Å². The fraction of sp³-hybridized carbons (Fsp3) is 1.00. The predicted molar refractivity (Wildman–Crippen MR) is 110 cm³/mol. The van der Waals surface area contributed by atoms with Crippen LogP contribution in [0.3, 0.4) is 0 Å². The van der Waals surface area contributed by atoms with Crippen molar-refractivity contribution in [1.29, 1.82) is 0 Å². The molecule has 0 bridgehead atoms. The molecular weight excluding hydrogens is 383 g/mol. The van der Waals surface area contributed by atoms with Crippen LogP contribution in [0, 0.1) is 0 Å². The Bertz CT molecular complexity index is 363. The molecular formula is C20H42O7P+. The van der Waals surface area contributed by atoms with Crippen LogP contribution in [0.15, 0.2) is 0 Å². The van der Waals surface area contributed by atoms with E-state index in [1.165, 1.54) is 0 Å². The first-order valence-electron chi connectivity index (χ1n) is 10.7. The molecule has 0 aromatic rings. The zero-order valence-corrected chi connectivity index (χ0v) is 20.0. The highest BCUT2D eigenvalue weighted by atomic mass is 31.1. The maximum atomic E-state index is 13.0. The van der Waals surface area contributed by atoms with E-state index in [0.717, 1.165) is 0 Å². The van der Waals surface area contributed by atoms with E-state index < -0.39 is 32.0 Å². The second-order valence-electron chi connectivity index (χ2n) is 6.44. The minimum Gasteiger partial charge on any atom is -0.350 e. The molecule has 0 radical (unpaired) electrons. The SMILES string of the molecule is CCOC(OCC)C(CC)(CC)O[P+](=O)OC(CC)(CC)C(OCC)OCC. The number of ether oxygens (including phenoxy) is 4. The van der Waals surface area contributed by atoms with Crippen molar-refractivity contribution in [3.63, 3.8) is 0 Å². The predicted octanol–water partition coefficient (Wildman–Crippen LogP) is 5.59. The molecule has 0 saturated carbocycles. The Kier molecular flexibility index (Phi) is 14.7. The van der Waals surface area contributed by atoms with Gasteiger partial charge in [0.2, 0.25) is 0 Å². The summed E-state index contributed by atoms with van der Waals surface area (Å²) < 4.78 is 48.0. The van der Waals surface area contributed by atoms with Crippen LogP contribution in [-0.2, 0) is 32.6 Å². The van der Waals surface area contributed by atoms with Crippen molar-refractivity contribution in [2.45, 2.75) is 105 Å². The van der Waals surface area contributed by atoms with E-state index in [2.05, 4.69) is 0 Å². The van der Waals surface area contributed by atoms with Gasteiger partial charge in [-0.3, -0.25) is 0 Å². The van der Waals surface area contributed by atoms with Crippen molar-refractivity contribution in [1.82, 2.24) is 0 Å². The second-order valence-corrected chi connectivity index (χ2v) is 7.25. The van der Waals surface area contributed by atoms with Gasteiger partial charge in [0.15, 0.2) is 23.8 Å². The molecule has 0 amide bonds. The van der Waals surface area contributed by atoms with Crippen LogP contribution < -0.4 is 0 Å². The van der Waals surface area contributed by atoms with Crippen molar-refractivity contribution in [2.75, 3.05) is 26.4 Å². The van der Waals surface area contributed by atoms with Crippen LogP contribution in [-0.4, -0.2) is 50.2 Å². The van der Waals surface area contributed by atoms with Gasteiger partial charge in [0.25, 0.3) is 0 Å². The van der Waals surface area contributed by atoms with E-state index in [-0.39, 0.29) is 0 Å². The van der Waals surface area contributed by atoms with Gasteiger partial charge in [-0.05, 0) is 53.4 Å². The Morgan fingerprint density at radius 1 is 0.571 bits per heavy atom.